The molecule has 4 rings (SSSR count). The number of anilines is 1. The first-order valence-corrected chi connectivity index (χ1v) is 8.86. The molecule has 0 bridgehead atoms. The van der Waals surface area contributed by atoms with Gasteiger partial charge in [0, 0.05) is 18.8 Å². The zero-order valence-electron chi connectivity index (χ0n) is 14.7. The summed E-state index contributed by atoms with van der Waals surface area (Å²) in [6.07, 6.45) is 5.86. The highest BCUT2D eigenvalue weighted by molar-refractivity contribution is 5.67. The number of aryl methyl sites for hydroxylation is 1. The molecule has 4 heteroatoms. The van der Waals surface area contributed by atoms with Crippen LogP contribution in [0.25, 0.3) is 11.1 Å². The predicted octanol–water partition coefficient (Wildman–Crippen LogP) is 4.72. The Morgan fingerprint density at radius 2 is 1.88 bits per heavy atom. The van der Waals surface area contributed by atoms with Gasteiger partial charge in [-0.1, -0.05) is 30.3 Å². The Balaban J connectivity index is 1.48. The van der Waals surface area contributed by atoms with Crippen LogP contribution in [-0.4, -0.2) is 24.7 Å². The van der Waals surface area contributed by atoms with Crippen molar-refractivity contribution in [3.8, 4) is 16.9 Å². The van der Waals surface area contributed by atoms with Gasteiger partial charge < -0.3 is 9.64 Å². The Hall–Kier alpha value is -2.88. The third-order valence-electron chi connectivity index (χ3n) is 4.82. The van der Waals surface area contributed by atoms with Crippen molar-refractivity contribution in [1.29, 1.82) is 0 Å². The number of pyridine rings is 1. The molecule has 0 saturated carbocycles. The number of fused-ring (bicyclic) bond motifs is 1. The van der Waals surface area contributed by atoms with Crippen molar-refractivity contribution in [2.75, 3.05) is 18.5 Å². The van der Waals surface area contributed by atoms with Crippen molar-refractivity contribution >= 4 is 5.69 Å². The van der Waals surface area contributed by atoms with Crippen LogP contribution >= 0.6 is 0 Å². The molecule has 0 fully saturated rings. The van der Waals surface area contributed by atoms with Crippen LogP contribution in [0.3, 0.4) is 0 Å². The average Bonchev–Trinajstić information content (AvgIpc) is 2.68. The Bertz CT molecular complexity index is 895. The van der Waals surface area contributed by atoms with Gasteiger partial charge in [0.05, 0.1) is 18.4 Å². The van der Waals surface area contributed by atoms with E-state index in [0.717, 1.165) is 42.0 Å². The molecule has 1 aliphatic heterocycles. The van der Waals surface area contributed by atoms with Crippen LogP contribution in [0.4, 0.5) is 10.1 Å². The number of benzene rings is 2. The number of hydrogen-bond acceptors (Lipinski definition) is 3. The molecular weight excluding hydrogens is 327 g/mol. The number of likely N-dealkylation sites (N-methyl/N-ethyl adjacent to an activating group) is 1. The highest BCUT2D eigenvalue weighted by atomic mass is 19.1. The maximum atomic E-state index is 13.1. The Morgan fingerprint density at radius 1 is 1.08 bits per heavy atom. The maximum absolute atomic E-state index is 13.1. The Kier molecular flexibility index (Phi) is 4.57. The third kappa shape index (κ3) is 3.54. The lowest BCUT2D eigenvalue weighted by atomic mass is 10.0. The van der Waals surface area contributed by atoms with Crippen LogP contribution < -0.4 is 9.64 Å². The van der Waals surface area contributed by atoms with E-state index in [2.05, 4.69) is 35.1 Å². The minimum absolute atomic E-state index is 0.157. The summed E-state index contributed by atoms with van der Waals surface area (Å²) in [4.78, 5) is 6.52. The van der Waals surface area contributed by atoms with Gasteiger partial charge in [-0.2, -0.15) is 0 Å². The van der Waals surface area contributed by atoms with Crippen molar-refractivity contribution in [3.05, 3.63) is 78.4 Å². The number of rotatable bonds is 4. The molecule has 0 unspecified atom stereocenters. The van der Waals surface area contributed by atoms with Crippen LogP contribution in [0.2, 0.25) is 0 Å². The lowest BCUT2D eigenvalue weighted by Gasteiger charge is -2.30. The molecule has 1 aliphatic rings. The van der Waals surface area contributed by atoms with Gasteiger partial charge in [0.15, 0.2) is 0 Å². The number of halogens is 1. The molecule has 2 heterocycles. The van der Waals surface area contributed by atoms with E-state index in [1.807, 2.05) is 18.3 Å². The lowest BCUT2D eigenvalue weighted by molar-refractivity contribution is 0.180. The fourth-order valence-corrected chi connectivity index (χ4v) is 3.36. The normalized spacial score (nSPS) is 15.8. The summed E-state index contributed by atoms with van der Waals surface area (Å²) >= 11 is 0. The first-order chi connectivity index (χ1) is 12.7. The van der Waals surface area contributed by atoms with E-state index in [0.29, 0.717) is 0 Å². The molecule has 26 heavy (non-hydrogen) atoms. The Morgan fingerprint density at radius 3 is 2.73 bits per heavy atom. The number of hydrogen-bond donors (Lipinski definition) is 0. The zero-order valence-corrected chi connectivity index (χ0v) is 14.7. The predicted molar refractivity (Wildman–Crippen MR) is 102 cm³/mol. The standard InChI is InChI=1S/C22H21FN2O/c1-25(15-21-11-8-17-4-2-3-5-22(17)26-21)20-12-18(13-24-14-20)16-6-9-19(23)10-7-16/h2-7,9-10,12-14,21H,8,11,15H2,1H3/t21-/m1/s1. The summed E-state index contributed by atoms with van der Waals surface area (Å²) in [6.45, 7) is 0.795. The first-order valence-electron chi connectivity index (χ1n) is 8.86. The lowest BCUT2D eigenvalue weighted by Crippen LogP contribution is -2.35. The summed E-state index contributed by atoms with van der Waals surface area (Å²) in [5.41, 5.74) is 4.24. The second-order valence-electron chi connectivity index (χ2n) is 6.71. The molecule has 0 amide bonds. The quantitative estimate of drug-likeness (QED) is 0.682. The SMILES string of the molecule is CN(C[C@H]1CCc2ccccc2O1)c1cncc(-c2ccc(F)cc2)c1. The average molecular weight is 348 g/mol. The van der Waals surface area contributed by atoms with Crippen LogP contribution in [0.5, 0.6) is 5.75 Å². The number of para-hydroxylation sites is 1. The van der Waals surface area contributed by atoms with Crippen molar-refractivity contribution in [1.82, 2.24) is 4.98 Å². The van der Waals surface area contributed by atoms with Gasteiger partial charge in [-0.3, -0.25) is 4.98 Å². The second kappa shape index (κ2) is 7.16. The molecule has 2 aromatic carbocycles. The summed E-state index contributed by atoms with van der Waals surface area (Å²) in [5, 5.41) is 0. The van der Waals surface area contributed by atoms with E-state index < -0.39 is 0 Å². The summed E-state index contributed by atoms with van der Waals surface area (Å²) in [6, 6.07) is 16.8. The largest absolute Gasteiger partial charge is 0.488 e. The van der Waals surface area contributed by atoms with Crippen molar-refractivity contribution in [2.45, 2.75) is 18.9 Å². The van der Waals surface area contributed by atoms with Crippen LogP contribution in [-0.2, 0) is 6.42 Å². The van der Waals surface area contributed by atoms with Gasteiger partial charge in [-0.25, -0.2) is 4.39 Å². The maximum Gasteiger partial charge on any atom is 0.123 e. The molecule has 0 N–H and O–H groups in total. The van der Waals surface area contributed by atoms with Gasteiger partial charge in [-0.15, -0.1) is 0 Å². The van der Waals surface area contributed by atoms with Crippen LogP contribution in [0, 0.1) is 5.82 Å². The number of ether oxygens (including phenoxy) is 1. The highest BCUT2D eigenvalue weighted by Crippen LogP contribution is 2.28. The third-order valence-corrected chi connectivity index (χ3v) is 4.82. The monoisotopic (exact) mass is 348 g/mol. The molecule has 3 aromatic rings. The van der Waals surface area contributed by atoms with E-state index in [1.165, 1.54) is 17.7 Å². The molecule has 1 atom stereocenters. The molecule has 3 nitrogen and oxygen atoms in total. The Labute approximate surface area is 153 Å². The van der Waals surface area contributed by atoms with E-state index in [1.54, 1.807) is 18.3 Å². The molecular formula is C22H21FN2O. The topological polar surface area (TPSA) is 25.4 Å². The zero-order chi connectivity index (χ0) is 17.9. The van der Waals surface area contributed by atoms with Crippen molar-refractivity contribution in [3.63, 3.8) is 0 Å². The molecule has 132 valence electrons. The fraction of sp³-hybridized carbons (Fsp3) is 0.227. The summed E-state index contributed by atoms with van der Waals surface area (Å²) in [5.74, 6) is 0.764. The number of nitrogens with zero attached hydrogens (tertiary/aromatic N) is 2. The minimum Gasteiger partial charge on any atom is -0.488 e. The van der Waals surface area contributed by atoms with Gasteiger partial charge in [0.2, 0.25) is 0 Å². The van der Waals surface area contributed by atoms with E-state index >= 15 is 0 Å². The molecule has 0 aliphatic carbocycles. The van der Waals surface area contributed by atoms with E-state index in [9.17, 15) is 4.39 Å². The van der Waals surface area contributed by atoms with Crippen molar-refractivity contribution < 1.29 is 9.13 Å². The molecule has 0 spiro atoms. The van der Waals surface area contributed by atoms with E-state index in [4.69, 9.17) is 4.74 Å². The first kappa shape index (κ1) is 16.6. The smallest absolute Gasteiger partial charge is 0.123 e. The second-order valence-corrected chi connectivity index (χ2v) is 6.71. The van der Waals surface area contributed by atoms with Crippen molar-refractivity contribution in [2.24, 2.45) is 0 Å². The van der Waals surface area contributed by atoms with Gasteiger partial charge in [0.25, 0.3) is 0 Å². The molecule has 0 saturated heterocycles. The van der Waals surface area contributed by atoms with Gasteiger partial charge >= 0.3 is 0 Å². The summed E-state index contributed by atoms with van der Waals surface area (Å²) < 4.78 is 19.3. The van der Waals surface area contributed by atoms with Crippen LogP contribution in [0.1, 0.15) is 12.0 Å². The molecule has 1 aromatic heterocycles. The fourth-order valence-electron chi connectivity index (χ4n) is 3.36. The van der Waals surface area contributed by atoms with E-state index in [-0.39, 0.29) is 11.9 Å². The molecule has 0 radical (unpaired) electrons. The van der Waals surface area contributed by atoms with Gasteiger partial charge in [-0.05, 0) is 48.2 Å². The minimum atomic E-state index is -0.232. The highest BCUT2D eigenvalue weighted by Gasteiger charge is 2.21. The van der Waals surface area contributed by atoms with Crippen LogP contribution in [0.15, 0.2) is 67.0 Å². The van der Waals surface area contributed by atoms with Gasteiger partial charge in [0.1, 0.15) is 17.7 Å². The summed E-state index contributed by atoms with van der Waals surface area (Å²) in [7, 11) is 2.05. The number of aromatic nitrogens is 1.